The number of hydrogen-bond acceptors (Lipinski definition) is 5. The quantitative estimate of drug-likeness (QED) is 0.644. The van der Waals surface area contributed by atoms with E-state index in [1.54, 1.807) is 29.8 Å². The highest BCUT2D eigenvalue weighted by Gasteiger charge is 2.15. The van der Waals surface area contributed by atoms with E-state index in [1.807, 2.05) is 6.92 Å². The largest absolute Gasteiger partial charge is 0.370 e. The summed E-state index contributed by atoms with van der Waals surface area (Å²) in [5, 5.41) is 12.6. The first-order chi connectivity index (χ1) is 12.3. The standard InChI is InChI=1S/C16H19Cl2N5O2S/c1-9(11-4-3-10(17)7-12(11)18)20-15(25)8-26-16-22-21-14(23(16)2)6-5-13(19)24/h3-4,7,9H,5-6,8H2,1-2H3,(H2,19,24)(H,20,25)/t9-/m1/s1. The van der Waals surface area contributed by atoms with Crippen molar-refractivity contribution < 1.29 is 9.59 Å². The molecule has 1 aromatic heterocycles. The summed E-state index contributed by atoms with van der Waals surface area (Å²) in [5.74, 6) is 0.275. The minimum Gasteiger partial charge on any atom is -0.370 e. The predicted octanol–water partition coefficient (Wildman–Crippen LogP) is 2.51. The number of amides is 2. The van der Waals surface area contributed by atoms with Gasteiger partial charge in [-0.15, -0.1) is 10.2 Å². The highest BCUT2D eigenvalue weighted by molar-refractivity contribution is 7.99. The van der Waals surface area contributed by atoms with E-state index >= 15 is 0 Å². The number of rotatable bonds is 8. The van der Waals surface area contributed by atoms with Crippen molar-refractivity contribution in [2.45, 2.75) is 31.0 Å². The van der Waals surface area contributed by atoms with Crippen LogP contribution in [0.3, 0.4) is 0 Å². The van der Waals surface area contributed by atoms with Crippen LogP contribution in [0, 0.1) is 0 Å². The number of hydrogen-bond donors (Lipinski definition) is 2. The number of aromatic nitrogens is 3. The van der Waals surface area contributed by atoms with Crippen molar-refractivity contribution in [3.63, 3.8) is 0 Å². The van der Waals surface area contributed by atoms with Gasteiger partial charge in [0.25, 0.3) is 0 Å². The van der Waals surface area contributed by atoms with E-state index < -0.39 is 5.91 Å². The molecular formula is C16H19Cl2N5O2S. The molecule has 3 N–H and O–H groups in total. The Kier molecular flexibility index (Phi) is 7.31. The number of benzene rings is 1. The molecule has 0 bridgehead atoms. The Morgan fingerprint density at radius 3 is 2.73 bits per heavy atom. The third kappa shape index (κ3) is 5.62. The van der Waals surface area contributed by atoms with Gasteiger partial charge in [0.1, 0.15) is 5.82 Å². The number of nitrogens with zero attached hydrogens (tertiary/aromatic N) is 3. The average molecular weight is 416 g/mol. The Bertz CT molecular complexity index is 812. The summed E-state index contributed by atoms with van der Waals surface area (Å²) in [6, 6.07) is 4.91. The Hall–Kier alpha value is -1.77. The molecule has 0 unspecified atom stereocenters. The zero-order valence-corrected chi connectivity index (χ0v) is 16.7. The highest BCUT2D eigenvalue weighted by atomic mass is 35.5. The normalized spacial score (nSPS) is 12.0. The number of carbonyl (C=O) groups excluding carboxylic acids is 2. The molecule has 0 aliphatic carbocycles. The summed E-state index contributed by atoms with van der Waals surface area (Å²) in [6.45, 7) is 1.85. The fourth-order valence-corrected chi connectivity index (χ4v) is 3.58. The first kappa shape index (κ1) is 20.5. The zero-order chi connectivity index (χ0) is 19.3. The molecule has 0 spiro atoms. The van der Waals surface area contributed by atoms with Crippen molar-refractivity contribution in [3.05, 3.63) is 39.6 Å². The molecule has 10 heteroatoms. The molecule has 1 atom stereocenters. The first-order valence-corrected chi connectivity index (χ1v) is 9.55. The van der Waals surface area contributed by atoms with E-state index in [9.17, 15) is 9.59 Å². The van der Waals surface area contributed by atoms with Crippen molar-refractivity contribution in [1.82, 2.24) is 20.1 Å². The number of nitrogens with one attached hydrogen (secondary N) is 1. The van der Waals surface area contributed by atoms with Crippen LogP contribution in [0.2, 0.25) is 10.0 Å². The first-order valence-electron chi connectivity index (χ1n) is 7.81. The van der Waals surface area contributed by atoms with E-state index in [0.717, 1.165) is 5.56 Å². The van der Waals surface area contributed by atoms with Gasteiger partial charge >= 0.3 is 0 Å². The van der Waals surface area contributed by atoms with Gasteiger partial charge in [0.2, 0.25) is 11.8 Å². The Morgan fingerprint density at radius 1 is 1.35 bits per heavy atom. The number of halogens is 2. The molecule has 0 fully saturated rings. The molecule has 0 aliphatic rings. The molecule has 7 nitrogen and oxygen atoms in total. The predicted molar refractivity (Wildman–Crippen MR) is 102 cm³/mol. The van der Waals surface area contributed by atoms with Crippen LogP contribution in [0.25, 0.3) is 0 Å². The van der Waals surface area contributed by atoms with Crippen LogP contribution in [0.4, 0.5) is 0 Å². The topological polar surface area (TPSA) is 103 Å². The maximum absolute atomic E-state index is 12.2. The molecule has 2 amide bonds. The van der Waals surface area contributed by atoms with Crippen molar-refractivity contribution in [2.24, 2.45) is 12.8 Å². The molecule has 26 heavy (non-hydrogen) atoms. The smallest absolute Gasteiger partial charge is 0.230 e. The molecule has 0 saturated heterocycles. The third-order valence-corrected chi connectivity index (χ3v) is 5.24. The minimum atomic E-state index is -0.392. The van der Waals surface area contributed by atoms with Gasteiger partial charge in [-0.25, -0.2) is 0 Å². The van der Waals surface area contributed by atoms with Gasteiger partial charge in [-0.3, -0.25) is 9.59 Å². The molecule has 0 radical (unpaired) electrons. The summed E-state index contributed by atoms with van der Waals surface area (Å²) in [7, 11) is 1.78. The van der Waals surface area contributed by atoms with Crippen LogP contribution >= 0.6 is 35.0 Å². The number of primary amides is 1. The van der Waals surface area contributed by atoms with Crippen LogP contribution in [-0.2, 0) is 23.1 Å². The van der Waals surface area contributed by atoms with Gasteiger partial charge in [0.15, 0.2) is 5.16 Å². The summed E-state index contributed by atoms with van der Waals surface area (Å²) in [6.07, 6.45) is 0.619. The van der Waals surface area contributed by atoms with Crippen molar-refractivity contribution in [2.75, 3.05) is 5.75 Å². The van der Waals surface area contributed by atoms with Gasteiger partial charge in [-0.1, -0.05) is 41.0 Å². The van der Waals surface area contributed by atoms with Gasteiger partial charge in [-0.2, -0.15) is 0 Å². The molecule has 2 rings (SSSR count). The molecule has 0 aliphatic heterocycles. The monoisotopic (exact) mass is 415 g/mol. The second-order valence-electron chi connectivity index (χ2n) is 5.67. The lowest BCUT2D eigenvalue weighted by Crippen LogP contribution is -2.28. The van der Waals surface area contributed by atoms with Gasteiger partial charge < -0.3 is 15.6 Å². The SMILES string of the molecule is C[C@@H](NC(=O)CSc1nnc(CCC(N)=O)n1C)c1ccc(Cl)cc1Cl. The lowest BCUT2D eigenvalue weighted by atomic mass is 10.1. The van der Waals surface area contributed by atoms with Gasteiger partial charge in [-0.05, 0) is 24.6 Å². The van der Waals surface area contributed by atoms with E-state index in [2.05, 4.69) is 15.5 Å². The van der Waals surface area contributed by atoms with Crippen LogP contribution in [-0.4, -0.2) is 32.3 Å². The maximum Gasteiger partial charge on any atom is 0.230 e. The fraction of sp³-hybridized carbons (Fsp3) is 0.375. The number of aryl methyl sites for hydroxylation is 1. The van der Waals surface area contributed by atoms with Gasteiger partial charge in [0, 0.05) is 29.9 Å². The van der Waals surface area contributed by atoms with Gasteiger partial charge in [0.05, 0.1) is 11.8 Å². The maximum atomic E-state index is 12.2. The summed E-state index contributed by atoms with van der Waals surface area (Å²) in [4.78, 5) is 23.0. The Balaban J connectivity index is 1.89. The van der Waals surface area contributed by atoms with Crippen LogP contribution in [0.15, 0.2) is 23.4 Å². The lowest BCUT2D eigenvalue weighted by Gasteiger charge is -2.15. The van der Waals surface area contributed by atoms with Crippen LogP contribution in [0.5, 0.6) is 0 Å². The second kappa shape index (κ2) is 9.25. The Labute approximate surface area is 165 Å². The highest BCUT2D eigenvalue weighted by Crippen LogP contribution is 2.26. The molecule has 2 aromatic rings. The molecule has 1 heterocycles. The minimum absolute atomic E-state index is 0.157. The van der Waals surface area contributed by atoms with E-state index in [1.165, 1.54) is 11.8 Å². The van der Waals surface area contributed by atoms with E-state index in [4.69, 9.17) is 28.9 Å². The van der Waals surface area contributed by atoms with Crippen molar-refractivity contribution >= 4 is 46.8 Å². The van der Waals surface area contributed by atoms with Crippen LogP contribution < -0.4 is 11.1 Å². The lowest BCUT2D eigenvalue weighted by molar-refractivity contribution is -0.119. The van der Waals surface area contributed by atoms with E-state index in [-0.39, 0.29) is 24.1 Å². The summed E-state index contributed by atoms with van der Waals surface area (Å²) >= 11 is 13.3. The van der Waals surface area contributed by atoms with Crippen LogP contribution in [0.1, 0.15) is 30.8 Å². The number of carbonyl (C=O) groups is 2. The van der Waals surface area contributed by atoms with Crippen molar-refractivity contribution in [3.8, 4) is 0 Å². The Morgan fingerprint density at radius 2 is 2.08 bits per heavy atom. The second-order valence-corrected chi connectivity index (χ2v) is 7.45. The van der Waals surface area contributed by atoms with Crippen molar-refractivity contribution in [1.29, 1.82) is 0 Å². The zero-order valence-electron chi connectivity index (χ0n) is 14.3. The fourth-order valence-electron chi connectivity index (χ4n) is 2.27. The summed E-state index contributed by atoms with van der Waals surface area (Å²) in [5.41, 5.74) is 5.93. The molecular weight excluding hydrogens is 397 g/mol. The third-order valence-electron chi connectivity index (χ3n) is 3.66. The number of thioether (sulfide) groups is 1. The molecule has 140 valence electrons. The molecule has 1 aromatic carbocycles. The van der Waals surface area contributed by atoms with E-state index in [0.29, 0.717) is 27.4 Å². The number of nitrogens with two attached hydrogens (primary N) is 1. The summed E-state index contributed by atoms with van der Waals surface area (Å²) < 4.78 is 1.75. The molecule has 0 saturated carbocycles. The average Bonchev–Trinajstić information content (AvgIpc) is 2.91.